The maximum atomic E-state index is 11.1. The lowest BCUT2D eigenvalue weighted by Gasteiger charge is -2.80. The second-order valence-corrected chi connectivity index (χ2v) is 18.4. The average Bonchev–Trinajstić information content (AvgIpc) is 3.36. The Morgan fingerprint density at radius 1 is 1.07 bits per heavy atom. The van der Waals surface area contributed by atoms with Crippen LogP contribution in [0.2, 0.25) is 0 Å². The molecule has 0 radical (unpaired) electrons. The maximum Gasteiger partial charge on any atom is 0.115 e. The first-order valence-electron chi connectivity index (χ1n) is 18.9. The fourth-order valence-corrected chi connectivity index (χ4v) is 14.3. The number of phenolic OH excluding ortho intramolecular Hbond substituents is 1. The SMILES string of the molecule is COC[C@H]1CC[C@@]2(C)O[C@@]34C[C@@]15CC[C@@H](CO)[C@](N)([C@@H]3C#CCc1cc(O)ccc1C[C@H]1C[C@H]4C[C@@]3(CC[C@H](CC(C)C)C3)C1)[C@@H]52. The van der Waals surface area contributed by atoms with Crippen LogP contribution in [0.5, 0.6) is 5.75 Å². The Morgan fingerprint density at radius 2 is 1.89 bits per heavy atom. The van der Waals surface area contributed by atoms with Crippen molar-refractivity contribution in [3.63, 3.8) is 0 Å². The predicted octanol–water partition coefficient (Wildman–Crippen LogP) is 7.05. The molecule has 9 rings (SSSR count). The van der Waals surface area contributed by atoms with Crippen molar-refractivity contribution < 1.29 is 19.7 Å². The number of phenols is 1. The molecule has 46 heavy (non-hydrogen) atoms. The predicted molar refractivity (Wildman–Crippen MR) is 181 cm³/mol. The second kappa shape index (κ2) is 11.0. The molecule has 12 atom stereocenters. The van der Waals surface area contributed by atoms with E-state index in [0.29, 0.717) is 35.3 Å². The lowest BCUT2D eigenvalue weighted by Crippen LogP contribution is -2.87. The zero-order valence-corrected chi connectivity index (χ0v) is 29.0. The summed E-state index contributed by atoms with van der Waals surface area (Å²) in [5.74, 6) is 10.9. The first-order valence-corrected chi connectivity index (χ1v) is 18.9. The molecule has 1 aromatic rings. The van der Waals surface area contributed by atoms with Crippen LogP contribution in [0, 0.1) is 70.0 Å². The van der Waals surface area contributed by atoms with E-state index in [-0.39, 0.29) is 35.4 Å². The minimum Gasteiger partial charge on any atom is -0.508 e. The number of hydrogen-bond acceptors (Lipinski definition) is 5. The van der Waals surface area contributed by atoms with Crippen molar-refractivity contribution in [3.8, 4) is 17.6 Å². The molecular formula is C41H59NO4. The van der Waals surface area contributed by atoms with E-state index in [1.807, 2.05) is 19.2 Å². The van der Waals surface area contributed by atoms with Crippen LogP contribution in [0.4, 0.5) is 0 Å². The minimum atomic E-state index is -0.608. The van der Waals surface area contributed by atoms with Crippen LogP contribution in [0.25, 0.3) is 0 Å². The van der Waals surface area contributed by atoms with Crippen LogP contribution in [-0.4, -0.2) is 47.3 Å². The van der Waals surface area contributed by atoms with Crippen LogP contribution in [0.15, 0.2) is 18.2 Å². The van der Waals surface area contributed by atoms with Crippen molar-refractivity contribution >= 4 is 0 Å². The van der Waals surface area contributed by atoms with Crippen LogP contribution in [0.3, 0.4) is 0 Å². The molecule has 6 aliphatic carbocycles. The third-order valence-electron chi connectivity index (χ3n) is 15.3. The molecule has 0 unspecified atom stereocenters. The third-order valence-corrected chi connectivity index (χ3v) is 15.3. The molecule has 5 saturated carbocycles. The Kier molecular flexibility index (Phi) is 7.55. The van der Waals surface area contributed by atoms with Gasteiger partial charge in [0, 0.05) is 44.1 Å². The molecule has 2 saturated heterocycles. The topological polar surface area (TPSA) is 84.9 Å². The summed E-state index contributed by atoms with van der Waals surface area (Å²) in [6.07, 6.45) is 16.0. The number of aliphatic hydroxyl groups is 1. The van der Waals surface area contributed by atoms with Gasteiger partial charge in [0.2, 0.25) is 0 Å². The van der Waals surface area contributed by atoms with Gasteiger partial charge in [-0.1, -0.05) is 31.8 Å². The number of ether oxygens (including phenoxy) is 2. The smallest absolute Gasteiger partial charge is 0.115 e. The molecule has 1 aromatic carbocycles. The van der Waals surface area contributed by atoms with E-state index in [0.717, 1.165) is 63.4 Å². The Balaban J connectivity index is 1.31. The zero-order chi connectivity index (χ0) is 32.1. The first kappa shape index (κ1) is 31.7. The molecule has 0 amide bonds. The number of methoxy groups -OCH3 is 1. The summed E-state index contributed by atoms with van der Waals surface area (Å²) in [4.78, 5) is 0. The highest BCUT2D eigenvalue weighted by Crippen LogP contribution is 2.77. The van der Waals surface area contributed by atoms with Gasteiger partial charge in [-0.3, -0.25) is 0 Å². The quantitative estimate of drug-likeness (QED) is 0.304. The summed E-state index contributed by atoms with van der Waals surface area (Å²) in [6, 6.07) is 6.00. The van der Waals surface area contributed by atoms with Gasteiger partial charge in [-0.2, -0.15) is 0 Å². The highest BCUT2D eigenvalue weighted by atomic mass is 16.5. The van der Waals surface area contributed by atoms with Crippen molar-refractivity contribution in [2.45, 2.75) is 127 Å². The fraction of sp³-hybridized carbons (Fsp3) is 0.805. The van der Waals surface area contributed by atoms with Crippen molar-refractivity contribution in [2.75, 3.05) is 20.3 Å². The van der Waals surface area contributed by atoms with Crippen LogP contribution >= 0.6 is 0 Å². The van der Waals surface area contributed by atoms with Crippen LogP contribution in [-0.2, 0) is 22.3 Å². The van der Waals surface area contributed by atoms with Gasteiger partial charge in [0.15, 0.2) is 0 Å². The van der Waals surface area contributed by atoms with E-state index in [1.165, 1.54) is 49.7 Å². The largest absolute Gasteiger partial charge is 0.508 e. The van der Waals surface area contributed by atoms with E-state index >= 15 is 0 Å². The van der Waals surface area contributed by atoms with Gasteiger partial charge < -0.3 is 25.4 Å². The number of hydrogen-bond donors (Lipinski definition) is 3. The summed E-state index contributed by atoms with van der Waals surface area (Å²) < 4.78 is 13.8. The van der Waals surface area contributed by atoms with Crippen LogP contribution in [0.1, 0.15) is 109 Å². The number of aliphatic hydroxyl groups excluding tert-OH is 1. The minimum absolute atomic E-state index is 0.0193. The van der Waals surface area contributed by atoms with Gasteiger partial charge in [-0.15, -0.1) is 0 Å². The monoisotopic (exact) mass is 629 g/mol. The van der Waals surface area contributed by atoms with Gasteiger partial charge >= 0.3 is 0 Å². The van der Waals surface area contributed by atoms with E-state index in [1.54, 1.807) is 0 Å². The van der Waals surface area contributed by atoms with Crippen molar-refractivity contribution in [3.05, 3.63) is 29.3 Å². The summed E-state index contributed by atoms with van der Waals surface area (Å²) in [6.45, 7) is 8.08. The number of nitrogens with two attached hydrogens (primary N) is 1. The molecule has 2 aliphatic heterocycles. The maximum absolute atomic E-state index is 11.1. The average molecular weight is 630 g/mol. The lowest BCUT2D eigenvalue weighted by molar-refractivity contribution is -0.395. The van der Waals surface area contributed by atoms with Gasteiger partial charge in [-0.05, 0) is 154 Å². The van der Waals surface area contributed by atoms with Crippen molar-refractivity contribution in [2.24, 2.45) is 63.9 Å². The van der Waals surface area contributed by atoms with Crippen LogP contribution < -0.4 is 5.73 Å². The third kappa shape index (κ3) is 4.48. The van der Waals surface area contributed by atoms with Gasteiger partial charge in [0.1, 0.15) is 5.75 Å². The van der Waals surface area contributed by atoms with Crippen molar-refractivity contribution in [1.29, 1.82) is 0 Å². The van der Waals surface area contributed by atoms with Crippen molar-refractivity contribution in [1.82, 2.24) is 0 Å². The molecule has 8 aliphatic rings. The van der Waals surface area contributed by atoms with Gasteiger partial charge in [-0.25, -0.2) is 0 Å². The Morgan fingerprint density at radius 3 is 2.67 bits per heavy atom. The normalized spacial score (nSPS) is 48.7. The fourth-order valence-electron chi connectivity index (χ4n) is 14.3. The molecule has 5 nitrogen and oxygen atoms in total. The number of fused-ring (bicyclic) bond motifs is 3. The summed E-state index contributed by atoms with van der Waals surface area (Å²) in [5, 5.41) is 21.6. The number of benzene rings is 1. The standard InChI is InChI=1S/C41H59NO4/c1-26(2)16-27-10-14-38(20-27)21-28-17-30-8-9-34(44)19-29(30)6-5-7-35-40(33(18-28)22-38)25-39-15-12-31(23-43)41(35,42)36(39)37(3,46-40)13-11-32(39)24-45-4/h8-9,19,26-28,31-33,35-36,43-44H,6,10-18,20-25,42H2,1-4H3/t27-,28+,31+,32-,33+,35-,36-,37-,38-,39+,40-,41+/m1/s1. The Bertz CT molecular complexity index is 1410. The highest BCUT2D eigenvalue weighted by Gasteiger charge is 2.81. The molecule has 4 N–H and O–H groups in total. The van der Waals surface area contributed by atoms with E-state index in [9.17, 15) is 10.2 Å². The first-order chi connectivity index (χ1) is 22.0. The molecule has 252 valence electrons. The summed E-state index contributed by atoms with van der Waals surface area (Å²) in [5.41, 5.74) is 9.64. The molecule has 7 fully saturated rings. The molecule has 7 bridgehead atoms. The summed E-state index contributed by atoms with van der Waals surface area (Å²) in [7, 11) is 1.87. The lowest BCUT2D eigenvalue weighted by atomic mass is 9.31. The van der Waals surface area contributed by atoms with Gasteiger partial charge in [0.05, 0.1) is 17.1 Å². The Labute approximate surface area is 277 Å². The summed E-state index contributed by atoms with van der Waals surface area (Å²) >= 11 is 0. The van der Waals surface area contributed by atoms with E-state index in [2.05, 4.69) is 38.7 Å². The van der Waals surface area contributed by atoms with E-state index < -0.39 is 11.1 Å². The molecule has 2 spiro atoms. The number of aromatic hydroxyl groups is 1. The highest BCUT2D eigenvalue weighted by molar-refractivity contribution is 5.41. The second-order valence-electron chi connectivity index (χ2n) is 18.4. The number of rotatable bonds is 5. The Hall–Kier alpha value is -1.58. The molecule has 0 aromatic heterocycles. The van der Waals surface area contributed by atoms with E-state index in [4.69, 9.17) is 15.2 Å². The van der Waals surface area contributed by atoms with Gasteiger partial charge in [0.25, 0.3) is 0 Å². The molecular weight excluding hydrogens is 570 g/mol. The zero-order valence-electron chi connectivity index (χ0n) is 29.0. The molecule has 2 heterocycles. The molecule has 5 heteroatoms.